The SMILES string of the molecule is COCC(=O)Nc1ccc(NC(=O)c2cc(-c3cccs3)on2)cc1. The molecule has 2 N–H and O–H groups in total. The van der Waals surface area contributed by atoms with Gasteiger partial charge in [-0.15, -0.1) is 11.3 Å². The van der Waals surface area contributed by atoms with E-state index in [1.165, 1.54) is 18.4 Å². The van der Waals surface area contributed by atoms with E-state index in [-0.39, 0.29) is 24.1 Å². The van der Waals surface area contributed by atoms with E-state index in [9.17, 15) is 9.59 Å². The quantitative estimate of drug-likeness (QED) is 0.706. The number of nitrogens with zero attached hydrogens (tertiary/aromatic N) is 1. The molecule has 0 bridgehead atoms. The maximum absolute atomic E-state index is 12.2. The van der Waals surface area contributed by atoms with Crippen LogP contribution in [0.15, 0.2) is 52.4 Å². The molecule has 0 atom stereocenters. The van der Waals surface area contributed by atoms with Gasteiger partial charge in [-0.1, -0.05) is 11.2 Å². The predicted octanol–water partition coefficient (Wildman–Crippen LogP) is 3.24. The van der Waals surface area contributed by atoms with E-state index in [0.717, 1.165) is 4.88 Å². The summed E-state index contributed by atoms with van der Waals surface area (Å²) in [7, 11) is 1.45. The number of rotatable bonds is 6. The number of hydrogen-bond donors (Lipinski definition) is 2. The number of aromatic nitrogens is 1. The molecular formula is C17H15N3O4S. The number of anilines is 2. The molecule has 0 aliphatic heterocycles. The Morgan fingerprint density at radius 3 is 2.52 bits per heavy atom. The second-order valence-electron chi connectivity index (χ2n) is 5.07. The monoisotopic (exact) mass is 357 g/mol. The van der Waals surface area contributed by atoms with Crippen LogP contribution in [0.2, 0.25) is 0 Å². The summed E-state index contributed by atoms with van der Waals surface area (Å²) in [5.74, 6) is -0.0675. The maximum Gasteiger partial charge on any atom is 0.277 e. The van der Waals surface area contributed by atoms with Crippen LogP contribution < -0.4 is 10.6 Å². The number of carbonyl (C=O) groups excluding carboxylic acids is 2. The van der Waals surface area contributed by atoms with Gasteiger partial charge in [0.25, 0.3) is 5.91 Å². The lowest BCUT2D eigenvalue weighted by atomic mass is 10.2. The van der Waals surface area contributed by atoms with E-state index in [1.54, 1.807) is 30.3 Å². The van der Waals surface area contributed by atoms with Crippen LogP contribution in [0.25, 0.3) is 10.6 Å². The second-order valence-corrected chi connectivity index (χ2v) is 6.01. The molecule has 0 unspecified atom stereocenters. The minimum Gasteiger partial charge on any atom is -0.375 e. The van der Waals surface area contributed by atoms with Crippen LogP contribution in [0, 0.1) is 0 Å². The molecule has 0 aliphatic rings. The van der Waals surface area contributed by atoms with Gasteiger partial charge in [-0.25, -0.2) is 0 Å². The van der Waals surface area contributed by atoms with Crippen molar-refractivity contribution in [2.45, 2.75) is 0 Å². The summed E-state index contributed by atoms with van der Waals surface area (Å²) < 4.78 is 9.94. The van der Waals surface area contributed by atoms with Gasteiger partial charge >= 0.3 is 0 Å². The Bertz CT molecular complexity index is 856. The van der Waals surface area contributed by atoms with E-state index in [1.807, 2.05) is 17.5 Å². The molecule has 3 aromatic rings. The Hall–Kier alpha value is -2.97. The molecule has 2 aromatic heterocycles. The van der Waals surface area contributed by atoms with Gasteiger partial charge in [0.15, 0.2) is 11.5 Å². The zero-order valence-corrected chi connectivity index (χ0v) is 14.1. The van der Waals surface area contributed by atoms with Crippen LogP contribution in [0.1, 0.15) is 10.5 Å². The predicted molar refractivity (Wildman–Crippen MR) is 94.7 cm³/mol. The van der Waals surface area contributed by atoms with Crippen molar-refractivity contribution in [3.8, 4) is 10.6 Å². The molecule has 0 radical (unpaired) electrons. The number of carbonyl (C=O) groups is 2. The second kappa shape index (κ2) is 7.73. The zero-order valence-electron chi connectivity index (χ0n) is 13.3. The number of thiophene rings is 1. The molecule has 2 amide bonds. The van der Waals surface area contributed by atoms with Crippen LogP contribution in [0.5, 0.6) is 0 Å². The number of methoxy groups -OCH3 is 1. The molecule has 3 rings (SSSR count). The zero-order chi connectivity index (χ0) is 17.6. The third-order valence-electron chi connectivity index (χ3n) is 3.21. The van der Waals surface area contributed by atoms with Crippen LogP contribution in [0.3, 0.4) is 0 Å². The standard InChI is InChI=1S/C17H15N3O4S/c1-23-10-16(21)18-11-4-6-12(7-5-11)19-17(22)13-9-14(24-20-13)15-3-2-8-25-15/h2-9H,10H2,1H3,(H,18,21)(H,19,22). The average molecular weight is 357 g/mol. The number of benzene rings is 1. The van der Waals surface area contributed by atoms with Gasteiger partial charge in [-0.05, 0) is 35.7 Å². The highest BCUT2D eigenvalue weighted by molar-refractivity contribution is 7.13. The van der Waals surface area contributed by atoms with E-state index in [4.69, 9.17) is 9.26 Å². The van der Waals surface area contributed by atoms with Crippen molar-refractivity contribution in [1.82, 2.24) is 5.16 Å². The summed E-state index contributed by atoms with van der Waals surface area (Å²) in [6.45, 7) is -0.0166. The Labute approximate surface area is 147 Å². The fourth-order valence-electron chi connectivity index (χ4n) is 2.08. The van der Waals surface area contributed by atoms with Gasteiger partial charge in [0.1, 0.15) is 6.61 Å². The van der Waals surface area contributed by atoms with Gasteiger partial charge in [0.05, 0.1) is 4.88 Å². The Kier molecular flexibility index (Phi) is 5.22. The van der Waals surface area contributed by atoms with E-state index in [2.05, 4.69) is 15.8 Å². The maximum atomic E-state index is 12.2. The summed E-state index contributed by atoms with van der Waals surface area (Å²) in [5, 5.41) is 11.1. The normalized spacial score (nSPS) is 10.4. The van der Waals surface area contributed by atoms with Crippen molar-refractivity contribution in [1.29, 1.82) is 0 Å². The summed E-state index contributed by atoms with van der Waals surface area (Å²) in [4.78, 5) is 24.6. The topological polar surface area (TPSA) is 93.5 Å². The van der Waals surface area contributed by atoms with Crippen LogP contribution in [-0.2, 0) is 9.53 Å². The highest BCUT2D eigenvalue weighted by atomic mass is 32.1. The number of amides is 2. The van der Waals surface area contributed by atoms with Gasteiger partial charge in [-0.2, -0.15) is 0 Å². The molecule has 0 fully saturated rings. The molecule has 0 saturated heterocycles. The molecule has 0 saturated carbocycles. The molecular weight excluding hydrogens is 342 g/mol. The van der Waals surface area contributed by atoms with Gasteiger partial charge in [0, 0.05) is 24.6 Å². The molecule has 128 valence electrons. The Morgan fingerprint density at radius 2 is 1.88 bits per heavy atom. The molecule has 8 heteroatoms. The number of hydrogen-bond acceptors (Lipinski definition) is 6. The first-order valence-electron chi connectivity index (χ1n) is 7.36. The molecule has 1 aromatic carbocycles. The molecule has 0 spiro atoms. The molecule has 0 aliphatic carbocycles. The minimum atomic E-state index is -0.372. The third kappa shape index (κ3) is 4.31. The molecule has 2 heterocycles. The van der Waals surface area contributed by atoms with Crippen molar-refractivity contribution in [3.05, 3.63) is 53.5 Å². The summed E-state index contributed by atoms with van der Waals surface area (Å²) in [5.41, 5.74) is 1.39. The van der Waals surface area contributed by atoms with Gasteiger partial charge in [-0.3, -0.25) is 9.59 Å². The summed E-state index contributed by atoms with van der Waals surface area (Å²) in [6, 6.07) is 12.1. The summed E-state index contributed by atoms with van der Waals surface area (Å²) in [6.07, 6.45) is 0. The van der Waals surface area contributed by atoms with Gasteiger partial charge in [0.2, 0.25) is 5.91 Å². The largest absolute Gasteiger partial charge is 0.375 e. The molecule has 25 heavy (non-hydrogen) atoms. The van der Waals surface area contributed by atoms with Crippen molar-refractivity contribution in [2.24, 2.45) is 0 Å². The van der Waals surface area contributed by atoms with E-state index in [0.29, 0.717) is 17.1 Å². The van der Waals surface area contributed by atoms with Crippen molar-refractivity contribution in [3.63, 3.8) is 0 Å². The van der Waals surface area contributed by atoms with E-state index >= 15 is 0 Å². The fraction of sp³-hybridized carbons (Fsp3) is 0.118. The highest BCUT2D eigenvalue weighted by Crippen LogP contribution is 2.25. The lowest BCUT2D eigenvalue weighted by Crippen LogP contribution is -2.17. The third-order valence-corrected chi connectivity index (χ3v) is 4.09. The lowest BCUT2D eigenvalue weighted by Gasteiger charge is -2.06. The smallest absolute Gasteiger partial charge is 0.277 e. The fourth-order valence-corrected chi connectivity index (χ4v) is 2.75. The first-order chi connectivity index (χ1) is 12.2. The number of nitrogens with one attached hydrogen (secondary N) is 2. The Balaban J connectivity index is 1.62. The number of ether oxygens (including phenoxy) is 1. The first-order valence-corrected chi connectivity index (χ1v) is 8.24. The van der Waals surface area contributed by atoms with Crippen LogP contribution in [-0.4, -0.2) is 30.7 Å². The van der Waals surface area contributed by atoms with Crippen molar-refractivity contribution >= 4 is 34.5 Å². The minimum absolute atomic E-state index is 0.0166. The highest BCUT2D eigenvalue weighted by Gasteiger charge is 2.14. The van der Waals surface area contributed by atoms with Crippen LogP contribution in [0.4, 0.5) is 11.4 Å². The molecule has 7 nitrogen and oxygen atoms in total. The first kappa shape index (κ1) is 16.9. The van der Waals surface area contributed by atoms with Crippen LogP contribution >= 0.6 is 11.3 Å². The average Bonchev–Trinajstić information content (AvgIpc) is 3.28. The summed E-state index contributed by atoms with van der Waals surface area (Å²) >= 11 is 1.51. The van der Waals surface area contributed by atoms with Crippen molar-refractivity contribution < 1.29 is 18.8 Å². The van der Waals surface area contributed by atoms with E-state index < -0.39 is 0 Å². The lowest BCUT2D eigenvalue weighted by molar-refractivity contribution is -0.119. The van der Waals surface area contributed by atoms with Crippen molar-refractivity contribution in [2.75, 3.05) is 24.4 Å². The Morgan fingerprint density at radius 1 is 1.16 bits per heavy atom. The van der Waals surface area contributed by atoms with Gasteiger partial charge < -0.3 is 19.9 Å².